The van der Waals surface area contributed by atoms with Gasteiger partial charge in [-0.15, -0.1) is 0 Å². The van der Waals surface area contributed by atoms with E-state index in [2.05, 4.69) is 4.98 Å². The molecule has 0 unspecified atom stereocenters. The molecule has 5 heteroatoms. The third kappa shape index (κ3) is 3.67. The summed E-state index contributed by atoms with van der Waals surface area (Å²) in [7, 11) is 0. The van der Waals surface area contributed by atoms with E-state index < -0.39 is 5.97 Å². The largest absolute Gasteiger partial charge is 0.481 e. The van der Waals surface area contributed by atoms with E-state index in [4.69, 9.17) is 9.52 Å². The molecular formula is C16H17NO3S. The zero-order valence-corrected chi connectivity index (χ0v) is 12.4. The van der Waals surface area contributed by atoms with E-state index in [-0.39, 0.29) is 11.8 Å². The quantitative estimate of drug-likeness (QED) is 0.842. The summed E-state index contributed by atoms with van der Waals surface area (Å²) < 4.78 is 5.74. The molecule has 110 valence electrons. The SMILES string of the molecule is O=C(O)CC1(CSCc2ncc(-c3ccccc3)o2)CC1. The molecule has 0 aliphatic heterocycles. The summed E-state index contributed by atoms with van der Waals surface area (Å²) in [5.41, 5.74) is 1.04. The highest BCUT2D eigenvalue weighted by Crippen LogP contribution is 2.51. The van der Waals surface area contributed by atoms with E-state index in [1.165, 1.54) is 0 Å². The van der Waals surface area contributed by atoms with Gasteiger partial charge in [0, 0.05) is 5.56 Å². The van der Waals surface area contributed by atoms with Gasteiger partial charge in [-0.25, -0.2) is 4.98 Å². The smallest absolute Gasteiger partial charge is 0.303 e. The van der Waals surface area contributed by atoms with Crippen LogP contribution in [0.2, 0.25) is 0 Å². The van der Waals surface area contributed by atoms with Gasteiger partial charge in [-0.2, -0.15) is 11.8 Å². The monoisotopic (exact) mass is 303 g/mol. The van der Waals surface area contributed by atoms with E-state index >= 15 is 0 Å². The Balaban J connectivity index is 1.53. The summed E-state index contributed by atoms with van der Waals surface area (Å²) in [6, 6.07) is 9.88. The third-order valence-electron chi connectivity index (χ3n) is 3.73. The molecule has 1 saturated carbocycles. The fourth-order valence-electron chi connectivity index (χ4n) is 2.34. The van der Waals surface area contributed by atoms with Crippen LogP contribution >= 0.6 is 11.8 Å². The molecule has 1 aliphatic carbocycles. The minimum absolute atomic E-state index is 0.0192. The Morgan fingerprint density at radius 1 is 1.33 bits per heavy atom. The molecule has 0 atom stereocenters. The molecule has 21 heavy (non-hydrogen) atoms. The first-order valence-electron chi connectivity index (χ1n) is 6.97. The summed E-state index contributed by atoms with van der Waals surface area (Å²) in [5.74, 6) is 2.33. The number of rotatable bonds is 7. The molecule has 0 radical (unpaired) electrons. The Morgan fingerprint density at radius 2 is 2.10 bits per heavy atom. The first-order chi connectivity index (χ1) is 10.2. The number of oxazole rings is 1. The van der Waals surface area contributed by atoms with Gasteiger partial charge in [-0.1, -0.05) is 30.3 Å². The van der Waals surface area contributed by atoms with Crippen LogP contribution in [0, 0.1) is 5.41 Å². The maximum Gasteiger partial charge on any atom is 0.303 e. The molecule has 1 aromatic heterocycles. The average Bonchev–Trinajstić information content (AvgIpc) is 3.05. The van der Waals surface area contributed by atoms with Crippen LogP contribution in [0.3, 0.4) is 0 Å². The summed E-state index contributed by atoms with van der Waals surface area (Å²) in [6.07, 6.45) is 4.07. The normalized spacial score (nSPS) is 15.8. The van der Waals surface area contributed by atoms with Gasteiger partial charge in [0.25, 0.3) is 0 Å². The lowest BCUT2D eigenvalue weighted by molar-refractivity contribution is -0.138. The van der Waals surface area contributed by atoms with Crippen LogP contribution in [0.15, 0.2) is 40.9 Å². The lowest BCUT2D eigenvalue weighted by atomic mass is 10.1. The highest BCUT2D eigenvalue weighted by atomic mass is 32.2. The van der Waals surface area contributed by atoms with E-state index in [1.54, 1.807) is 18.0 Å². The third-order valence-corrected chi connectivity index (χ3v) is 5.00. The van der Waals surface area contributed by atoms with Crippen LogP contribution in [0.1, 0.15) is 25.2 Å². The van der Waals surface area contributed by atoms with Crippen LogP contribution < -0.4 is 0 Å². The highest BCUT2D eigenvalue weighted by molar-refractivity contribution is 7.98. The second kappa shape index (κ2) is 5.93. The van der Waals surface area contributed by atoms with Crippen molar-refractivity contribution in [3.05, 3.63) is 42.4 Å². The molecule has 2 aromatic rings. The van der Waals surface area contributed by atoms with Crippen molar-refractivity contribution in [1.82, 2.24) is 4.98 Å². The number of aliphatic carboxylic acids is 1. The summed E-state index contributed by atoms with van der Waals surface area (Å²) in [5, 5.41) is 8.89. The van der Waals surface area contributed by atoms with E-state index in [1.807, 2.05) is 30.3 Å². The molecule has 0 saturated heterocycles. The lowest BCUT2D eigenvalue weighted by Gasteiger charge is -2.10. The number of hydrogen-bond donors (Lipinski definition) is 1. The van der Waals surface area contributed by atoms with Crippen LogP contribution in [0.5, 0.6) is 0 Å². The summed E-state index contributed by atoms with van der Waals surface area (Å²) in [6.45, 7) is 0. The molecule has 1 heterocycles. The van der Waals surface area contributed by atoms with Crippen LogP contribution in [-0.4, -0.2) is 21.8 Å². The first-order valence-corrected chi connectivity index (χ1v) is 8.12. The molecule has 3 rings (SSSR count). The average molecular weight is 303 g/mol. The number of hydrogen-bond acceptors (Lipinski definition) is 4. The molecule has 1 aromatic carbocycles. The van der Waals surface area contributed by atoms with Gasteiger partial charge in [0.15, 0.2) is 5.76 Å². The van der Waals surface area contributed by atoms with Crippen LogP contribution in [0.4, 0.5) is 0 Å². The molecular weight excluding hydrogens is 286 g/mol. The molecule has 0 bridgehead atoms. The second-order valence-corrected chi connectivity index (χ2v) is 6.53. The lowest BCUT2D eigenvalue weighted by Crippen LogP contribution is -2.11. The van der Waals surface area contributed by atoms with E-state index in [0.29, 0.717) is 11.6 Å². The van der Waals surface area contributed by atoms with Gasteiger partial charge >= 0.3 is 5.97 Å². The molecule has 4 nitrogen and oxygen atoms in total. The second-order valence-electron chi connectivity index (χ2n) is 5.55. The summed E-state index contributed by atoms with van der Waals surface area (Å²) in [4.78, 5) is 15.1. The maximum absolute atomic E-state index is 10.8. The van der Waals surface area contributed by atoms with Crippen molar-refractivity contribution >= 4 is 17.7 Å². The van der Waals surface area contributed by atoms with Gasteiger partial charge in [0.05, 0.1) is 18.4 Å². The molecule has 0 spiro atoms. The van der Waals surface area contributed by atoms with Crippen LogP contribution in [-0.2, 0) is 10.5 Å². The Morgan fingerprint density at radius 3 is 2.76 bits per heavy atom. The minimum Gasteiger partial charge on any atom is -0.481 e. The molecule has 0 amide bonds. The minimum atomic E-state index is -0.699. The topological polar surface area (TPSA) is 63.3 Å². The Labute approximate surface area is 127 Å². The number of carboxylic acid groups (broad SMARTS) is 1. The van der Waals surface area contributed by atoms with Crippen molar-refractivity contribution in [1.29, 1.82) is 0 Å². The molecule has 1 aliphatic rings. The fraction of sp³-hybridized carbons (Fsp3) is 0.375. The Bertz CT molecular complexity index is 619. The van der Waals surface area contributed by atoms with Gasteiger partial charge in [-0.3, -0.25) is 4.79 Å². The van der Waals surface area contributed by atoms with Gasteiger partial charge in [0.2, 0.25) is 5.89 Å². The van der Waals surface area contributed by atoms with Gasteiger partial charge in [-0.05, 0) is 24.0 Å². The Kier molecular flexibility index (Phi) is 4.01. The van der Waals surface area contributed by atoms with Crippen LogP contribution in [0.25, 0.3) is 11.3 Å². The van der Waals surface area contributed by atoms with Crippen molar-refractivity contribution in [3.8, 4) is 11.3 Å². The van der Waals surface area contributed by atoms with Gasteiger partial charge in [0.1, 0.15) is 0 Å². The number of nitrogens with zero attached hydrogens (tertiary/aromatic N) is 1. The van der Waals surface area contributed by atoms with Crippen molar-refractivity contribution < 1.29 is 14.3 Å². The zero-order chi connectivity index (χ0) is 14.7. The standard InChI is InChI=1S/C16H17NO3S/c18-15(19)8-16(6-7-16)11-21-10-14-17-9-13(20-14)12-4-2-1-3-5-12/h1-5,9H,6-8,10-11H2,(H,18,19). The van der Waals surface area contributed by atoms with Crippen molar-refractivity contribution in [2.75, 3.05) is 5.75 Å². The molecule has 1 N–H and O–H groups in total. The predicted octanol–water partition coefficient (Wildman–Crippen LogP) is 3.83. The summed E-state index contributed by atoms with van der Waals surface area (Å²) >= 11 is 1.71. The predicted molar refractivity (Wildman–Crippen MR) is 82.0 cm³/mol. The highest BCUT2D eigenvalue weighted by Gasteiger charge is 2.44. The zero-order valence-electron chi connectivity index (χ0n) is 11.6. The first kappa shape index (κ1) is 14.2. The maximum atomic E-state index is 10.8. The number of carboxylic acids is 1. The van der Waals surface area contributed by atoms with Crippen molar-refractivity contribution in [2.45, 2.75) is 25.0 Å². The van der Waals surface area contributed by atoms with Crippen molar-refractivity contribution in [3.63, 3.8) is 0 Å². The van der Waals surface area contributed by atoms with E-state index in [0.717, 1.165) is 29.9 Å². The van der Waals surface area contributed by atoms with E-state index in [9.17, 15) is 4.79 Å². The van der Waals surface area contributed by atoms with Crippen molar-refractivity contribution in [2.24, 2.45) is 5.41 Å². The number of thioether (sulfide) groups is 1. The number of benzene rings is 1. The Hall–Kier alpha value is -1.75. The molecule has 1 fully saturated rings. The van der Waals surface area contributed by atoms with Gasteiger partial charge < -0.3 is 9.52 Å². The number of carbonyl (C=O) groups is 1. The number of aromatic nitrogens is 1. The fourth-order valence-corrected chi connectivity index (χ4v) is 3.57.